The fraction of sp³-hybridized carbons (Fsp3) is 0.250. The lowest BCUT2D eigenvalue weighted by atomic mass is 10.0. The molecular weight excluding hydrogens is 313 g/mol. The van der Waals surface area contributed by atoms with Crippen LogP contribution in [0, 0.1) is 0 Å². The van der Waals surface area contributed by atoms with Crippen LogP contribution in [0.1, 0.15) is 19.4 Å². The van der Waals surface area contributed by atoms with Crippen molar-refractivity contribution >= 4 is 34.8 Å². The average Bonchev–Trinajstić information content (AvgIpc) is 2.41. The smallest absolute Gasteiger partial charge is 0.0670 e. The van der Waals surface area contributed by atoms with E-state index < -0.39 is 0 Å². The maximum absolute atomic E-state index is 6.27. The average molecular weight is 329 g/mol. The van der Waals surface area contributed by atoms with E-state index in [4.69, 9.17) is 34.8 Å². The molecule has 0 spiro atoms. The van der Waals surface area contributed by atoms with Gasteiger partial charge in [0, 0.05) is 23.2 Å². The van der Waals surface area contributed by atoms with Crippen LogP contribution >= 0.6 is 34.8 Å². The van der Waals surface area contributed by atoms with Crippen molar-refractivity contribution in [1.82, 2.24) is 5.32 Å². The first-order valence-corrected chi connectivity index (χ1v) is 7.58. The van der Waals surface area contributed by atoms with Crippen molar-refractivity contribution in [2.75, 3.05) is 0 Å². The van der Waals surface area contributed by atoms with Gasteiger partial charge in [0.05, 0.1) is 10.0 Å². The highest BCUT2D eigenvalue weighted by molar-refractivity contribution is 6.43. The van der Waals surface area contributed by atoms with Crippen LogP contribution in [-0.4, -0.2) is 6.04 Å². The SMILES string of the molecule is CC(C)NCc1cc(-c2cccc(Cl)c2Cl)ccc1Cl. The number of rotatable bonds is 4. The number of benzene rings is 2. The number of hydrogen-bond acceptors (Lipinski definition) is 1. The minimum atomic E-state index is 0.407. The molecule has 106 valence electrons. The van der Waals surface area contributed by atoms with Crippen molar-refractivity contribution in [3.8, 4) is 11.1 Å². The molecule has 0 unspecified atom stereocenters. The van der Waals surface area contributed by atoms with E-state index in [0.717, 1.165) is 28.3 Å². The van der Waals surface area contributed by atoms with Gasteiger partial charge in [0.15, 0.2) is 0 Å². The van der Waals surface area contributed by atoms with Gasteiger partial charge in [-0.1, -0.05) is 66.8 Å². The van der Waals surface area contributed by atoms with Gasteiger partial charge in [-0.2, -0.15) is 0 Å². The summed E-state index contributed by atoms with van der Waals surface area (Å²) in [5.41, 5.74) is 2.98. The summed E-state index contributed by atoms with van der Waals surface area (Å²) in [5, 5.41) is 5.24. The molecule has 0 aliphatic heterocycles. The van der Waals surface area contributed by atoms with Gasteiger partial charge in [-0.15, -0.1) is 0 Å². The minimum absolute atomic E-state index is 0.407. The summed E-state index contributed by atoms with van der Waals surface area (Å²) in [4.78, 5) is 0. The number of hydrogen-bond donors (Lipinski definition) is 1. The zero-order valence-corrected chi connectivity index (χ0v) is 13.7. The quantitative estimate of drug-likeness (QED) is 0.746. The molecule has 0 aliphatic carbocycles. The summed E-state index contributed by atoms with van der Waals surface area (Å²) in [7, 11) is 0. The molecule has 0 fully saturated rings. The molecule has 2 aromatic rings. The second-order valence-corrected chi connectivity index (χ2v) is 6.14. The summed E-state index contributed by atoms with van der Waals surface area (Å²) < 4.78 is 0. The molecule has 2 rings (SSSR count). The third kappa shape index (κ3) is 3.67. The molecule has 0 aromatic heterocycles. The van der Waals surface area contributed by atoms with Crippen molar-refractivity contribution in [2.24, 2.45) is 0 Å². The van der Waals surface area contributed by atoms with E-state index in [2.05, 4.69) is 25.2 Å². The number of halogens is 3. The Morgan fingerprint density at radius 2 is 1.75 bits per heavy atom. The molecule has 20 heavy (non-hydrogen) atoms. The summed E-state index contributed by atoms with van der Waals surface area (Å²) in [6.07, 6.45) is 0. The molecule has 1 N–H and O–H groups in total. The van der Waals surface area contributed by atoms with Gasteiger partial charge >= 0.3 is 0 Å². The van der Waals surface area contributed by atoms with E-state index in [1.165, 1.54) is 0 Å². The highest BCUT2D eigenvalue weighted by Gasteiger charge is 2.09. The number of nitrogens with one attached hydrogen (secondary N) is 1. The molecule has 0 amide bonds. The Morgan fingerprint density at radius 1 is 1.00 bits per heavy atom. The van der Waals surface area contributed by atoms with Gasteiger partial charge in [0.2, 0.25) is 0 Å². The van der Waals surface area contributed by atoms with E-state index in [9.17, 15) is 0 Å². The maximum atomic E-state index is 6.27. The van der Waals surface area contributed by atoms with Crippen molar-refractivity contribution in [1.29, 1.82) is 0 Å². The van der Waals surface area contributed by atoms with Crippen molar-refractivity contribution in [3.05, 3.63) is 57.0 Å². The Bertz CT molecular complexity index is 609. The minimum Gasteiger partial charge on any atom is -0.310 e. The lowest BCUT2D eigenvalue weighted by molar-refractivity contribution is 0.589. The molecule has 4 heteroatoms. The second kappa shape index (κ2) is 6.82. The zero-order valence-electron chi connectivity index (χ0n) is 11.4. The molecule has 0 aliphatic rings. The molecule has 1 nitrogen and oxygen atoms in total. The van der Waals surface area contributed by atoms with E-state index in [1.807, 2.05) is 24.3 Å². The molecule has 0 radical (unpaired) electrons. The Kier molecular flexibility index (Phi) is 5.34. The van der Waals surface area contributed by atoms with Gasteiger partial charge in [0.1, 0.15) is 0 Å². The van der Waals surface area contributed by atoms with Crippen LogP contribution in [-0.2, 0) is 6.54 Å². The van der Waals surface area contributed by atoms with Crippen LogP contribution in [0.25, 0.3) is 11.1 Å². The zero-order chi connectivity index (χ0) is 14.7. The normalized spacial score (nSPS) is 11.1. The summed E-state index contributed by atoms with van der Waals surface area (Å²) in [6, 6.07) is 11.9. The van der Waals surface area contributed by atoms with Crippen molar-refractivity contribution in [2.45, 2.75) is 26.4 Å². The molecule has 0 saturated heterocycles. The van der Waals surface area contributed by atoms with Crippen LogP contribution in [0.5, 0.6) is 0 Å². The van der Waals surface area contributed by atoms with E-state index in [1.54, 1.807) is 6.07 Å². The van der Waals surface area contributed by atoms with Crippen LogP contribution in [0.4, 0.5) is 0 Å². The third-order valence-corrected chi connectivity index (χ3v) is 4.20. The Balaban J connectivity index is 2.38. The fourth-order valence-electron chi connectivity index (χ4n) is 1.92. The van der Waals surface area contributed by atoms with Gasteiger partial charge in [-0.25, -0.2) is 0 Å². The topological polar surface area (TPSA) is 12.0 Å². The van der Waals surface area contributed by atoms with Crippen LogP contribution < -0.4 is 5.32 Å². The van der Waals surface area contributed by atoms with Gasteiger partial charge in [0.25, 0.3) is 0 Å². The van der Waals surface area contributed by atoms with Crippen LogP contribution in [0.2, 0.25) is 15.1 Å². The third-order valence-electron chi connectivity index (χ3n) is 3.01. The van der Waals surface area contributed by atoms with Crippen LogP contribution in [0.15, 0.2) is 36.4 Å². The van der Waals surface area contributed by atoms with E-state index >= 15 is 0 Å². The predicted octanol–water partition coefficient (Wildman–Crippen LogP) is 5.81. The molecular formula is C16H16Cl3N. The molecule has 0 bridgehead atoms. The summed E-state index contributed by atoms with van der Waals surface area (Å²) in [5.74, 6) is 0. The fourth-order valence-corrected chi connectivity index (χ4v) is 2.51. The van der Waals surface area contributed by atoms with Crippen molar-refractivity contribution in [3.63, 3.8) is 0 Å². The lowest BCUT2D eigenvalue weighted by Crippen LogP contribution is -2.21. The predicted molar refractivity (Wildman–Crippen MR) is 88.9 cm³/mol. The summed E-state index contributed by atoms with van der Waals surface area (Å²) >= 11 is 18.6. The first kappa shape index (κ1) is 15.7. The lowest BCUT2D eigenvalue weighted by Gasteiger charge is -2.12. The molecule has 0 atom stereocenters. The first-order valence-electron chi connectivity index (χ1n) is 6.45. The second-order valence-electron chi connectivity index (χ2n) is 4.94. The van der Waals surface area contributed by atoms with Crippen LogP contribution in [0.3, 0.4) is 0 Å². The Morgan fingerprint density at radius 3 is 2.45 bits per heavy atom. The highest BCUT2D eigenvalue weighted by Crippen LogP contribution is 2.34. The van der Waals surface area contributed by atoms with Gasteiger partial charge in [-0.3, -0.25) is 0 Å². The highest BCUT2D eigenvalue weighted by atomic mass is 35.5. The van der Waals surface area contributed by atoms with Gasteiger partial charge in [-0.05, 0) is 29.3 Å². The van der Waals surface area contributed by atoms with Crippen molar-refractivity contribution < 1.29 is 0 Å². The monoisotopic (exact) mass is 327 g/mol. The Hall–Kier alpha value is -0.730. The largest absolute Gasteiger partial charge is 0.310 e. The summed E-state index contributed by atoms with van der Waals surface area (Å²) in [6.45, 7) is 4.93. The van der Waals surface area contributed by atoms with Gasteiger partial charge < -0.3 is 5.32 Å². The van der Waals surface area contributed by atoms with E-state index in [0.29, 0.717) is 16.1 Å². The standard InChI is InChI=1S/C16H16Cl3N/c1-10(2)20-9-12-8-11(6-7-14(12)17)13-4-3-5-15(18)16(13)19/h3-8,10,20H,9H2,1-2H3. The molecule has 0 saturated carbocycles. The van der Waals surface area contributed by atoms with E-state index in [-0.39, 0.29) is 0 Å². The molecule has 2 aromatic carbocycles. The first-order chi connectivity index (χ1) is 9.49. The molecule has 0 heterocycles. The Labute approximate surface area is 134 Å². The maximum Gasteiger partial charge on any atom is 0.0670 e.